The zero-order valence-corrected chi connectivity index (χ0v) is 14.3. The first kappa shape index (κ1) is 17.0. The van der Waals surface area contributed by atoms with Gasteiger partial charge in [-0.25, -0.2) is 4.79 Å². The Balaban J connectivity index is 1.83. The van der Waals surface area contributed by atoms with Gasteiger partial charge in [-0.3, -0.25) is 18.7 Å². The standard InChI is InChI=1S/C18H21N3O4/c1-19-16(22)8-10-20(18(19)24)12-17(23)21-9-4-7-15(21)13-5-3-6-14(11-13)25-2/h3,5-6,8,10-11,15H,4,7,9,12H2,1-2H3. The minimum absolute atomic E-state index is 0.0224. The van der Waals surface area contributed by atoms with Crippen LogP contribution in [0.15, 0.2) is 46.1 Å². The van der Waals surface area contributed by atoms with Gasteiger partial charge in [0.25, 0.3) is 5.56 Å². The highest BCUT2D eigenvalue weighted by Gasteiger charge is 2.30. The van der Waals surface area contributed by atoms with Gasteiger partial charge in [0.2, 0.25) is 5.91 Å². The molecule has 1 amide bonds. The second-order valence-corrected chi connectivity index (χ2v) is 6.15. The lowest BCUT2D eigenvalue weighted by molar-refractivity contribution is -0.132. The molecule has 1 aromatic heterocycles. The van der Waals surface area contributed by atoms with Gasteiger partial charge >= 0.3 is 5.69 Å². The molecule has 1 saturated heterocycles. The first-order valence-corrected chi connectivity index (χ1v) is 8.21. The Morgan fingerprint density at radius 2 is 2.08 bits per heavy atom. The number of carbonyl (C=O) groups excluding carboxylic acids is 1. The highest BCUT2D eigenvalue weighted by molar-refractivity contribution is 5.77. The smallest absolute Gasteiger partial charge is 0.331 e. The van der Waals surface area contributed by atoms with Crippen LogP contribution in [0.1, 0.15) is 24.4 Å². The predicted molar refractivity (Wildman–Crippen MR) is 92.6 cm³/mol. The average molecular weight is 343 g/mol. The minimum Gasteiger partial charge on any atom is -0.497 e. The van der Waals surface area contributed by atoms with E-state index >= 15 is 0 Å². The lowest BCUT2D eigenvalue weighted by Crippen LogP contribution is -2.41. The van der Waals surface area contributed by atoms with Crippen molar-refractivity contribution in [2.45, 2.75) is 25.4 Å². The van der Waals surface area contributed by atoms with Crippen molar-refractivity contribution in [1.29, 1.82) is 0 Å². The van der Waals surface area contributed by atoms with Crippen LogP contribution in [0.25, 0.3) is 0 Å². The van der Waals surface area contributed by atoms with E-state index in [1.807, 2.05) is 24.3 Å². The Hall–Kier alpha value is -2.83. The summed E-state index contributed by atoms with van der Waals surface area (Å²) in [5.74, 6) is 0.622. The number of hydrogen-bond donors (Lipinski definition) is 0. The minimum atomic E-state index is -0.488. The Morgan fingerprint density at radius 1 is 1.28 bits per heavy atom. The Morgan fingerprint density at radius 3 is 2.84 bits per heavy atom. The van der Waals surface area contributed by atoms with Crippen LogP contribution in [-0.2, 0) is 18.4 Å². The first-order chi connectivity index (χ1) is 12.0. The van der Waals surface area contributed by atoms with E-state index in [9.17, 15) is 14.4 Å². The molecule has 1 aliphatic heterocycles. The van der Waals surface area contributed by atoms with Crippen LogP contribution in [0.4, 0.5) is 0 Å². The molecule has 0 N–H and O–H groups in total. The third-order valence-corrected chi connectivity index (χ3v) is 4.62. The van der Waals surface area contributed by atoms with Gasteiger partial charge in [-0.1, -0.05) is 12.1 Å². The van der Waals surface area contributed by atoms with E-state index in [2.05, 4.69) is 0 Å². The van der Waals surface area contributed by atoms with Crippen molar-refractivity contribution < 1.29 is 9.53 Å². The number of carbonyl (C=O) groups is 1. The molecule has 1 aliphatic rings. The van der Waals surface area contributed by atoms with Gasteiger partial charge in [-0.05, 0) is 30.5 Å². The van der Waals surface area contributed by atoms with Crippen molar-refractivity contribution >= 4 is 5.91 Å². The molecule has 0 saturated carbocycles. The largest absolute Gasteiger partial charge is 0.497 e. The molecule has 0 radical (unpaired) electrons. The summed E-state index contributed by atoms with van der Waals surface area (Å²) in [5.41, 5.74) is 0.153. The van der Waals surface area contributed by atoms with Crippen LogP contribution in [0.5, 0.6) is 5.75 Å². The average Bonchev–Trinajstić information content (AvgIpc) is 3.12. The van der Waals surface area contributed by atoms with E-state index in [1.54, 1.807) is 12.0 Å². The monoisotopic (exact) mass is 343 g/mol. The third-order valence-electron chi connectivity index (χ3n) is 4.62. The van der Waals surface area contributed by atoms with Crippen LogP contribution in [0.2, 0.25) is 0 Å². The summed E-state index contributed by atoms with van der Waals surface area (Å²) < 4.78 is 7.53. The molecule has 3 rings (SSSR count). The van der Waals surface area contributed by atoms with Crippen molar-refractivity contribution in [2.24, 2.45) is 7.05 Å². The summed E-state index contributed by atoms with van der Waals surface area (Å²) in [6.45, 7) is 0.578. The maximum atomic E-state index is 12.7. The quantitative estimate of drug-likeness (QED) is 0.827. The second-order valence-electron chi connectivity index (χ2n) is 6.15. The molecule has 25 heavy (non-hydrogen) atoms. The number of methoxy groups -OCH3 is 1. The summed E-state index contributed by atoms with van der Waals surface area (Å²) in [6, 6.07) is 8.97. The molecule has 1 unspecified atom stereocenters. The van der Waals surface area contributed by atoms with E-state index in [-0.39, 0.29) is 24.1 Å². The Labute approximate surface area is 145 Å². The number of hydrogen-bond acceptors (Lipinski definition) is 4. The molecule has 0 bridgehead atoms. The fourth-order valence-corrected chi connectivity index (χ4v) is 3.23. The number of ether oxygens (including phenoxy) is 1. The summed E-state index contributed by atoms with van der Waals surface area (Å²) in [6.07, 6.45) is 3.16. The van der Waals surface area contributed by atoms with Crippen molar-refractivity contribution in [1.82, 2.24) is 14.0 Å². The molecular weight excluding hydrogens is 322 g/mol. The van der Waals surface area contributed by atoms with Gasteiger partial charge in [0, 0.05) is 25.9 Å². The molecule has 2 heterocycles. The maximum absolute atomic E-state index is 12.7. The van der Waals surface area contributed by atoms with Crippen molar-refractivity contribution in [2.75, 3.05) is 13.7 Å². The van der Waals surface area contributed by atoms with Crippen LogP contribution in [0, 0.1) is 0 Å². The molecule has 1 aromatic carbocycles. The molecule has 1 atom stereocenters. The molecule has 0 spiro atoms. The SMILES string of the molecule is COc1cccc(C2CCCN2C(=O)Cn2ccc(=O)n(C)c2=O)c1. The van der Waals surface area contributed by atoms with Gasteiger partial charge in [0.05, 0.1) is 13.2 Å². The van der Waals surface area contributed by atoms with Crippen molar-refractivity contribution in [3.8, 4) is 5.75 Å². The van der Waals surface area contributed by atoms with Gasteiger partial charge in [-0.2, -0.15) is 0 Å². The summed E-state index contributed by atoms with van der Waals surface area (Å²) in [5, 5.41) is 0. The predicted octanol–water partition coefficient (Wildman–Crippen LogP) is 0.919. The van der Waals surface area contributed by atoms with Crippen molar-refractivity contribution in [3.05, 3.63) is 62.9 Å². The van der Waals surface area contributed by atoms with E-state index in [1.165, 1.54) is 23.9 Å². The highest BCUT2D eigenvalue weighted by atomic mass is 16.5. The number of amides is 1. The number of benzene rings is 1. The van der Waals surface area contributed by atoms with Gasteiger partial charge in [-0.15, -0.1) is 0 Å². The molecule has 1 fully saturated rings. The van der Waals surface area contributed by atoms with E-state index in [4.69, 9.17) is 4.74 Å². The molecule has 7 nitrogen and oxygen atoms in total. The Kier molecular flexibility index (Phi) is 4.74. The topological polar surface area (TPSA) is 73.5 Å². The molecule has 0 aliphatic carbocycles. The van der Waals surface area contributed by atoms with Crippen LogP contribution >= 0.6 is 0 Å². The highest BCUT2D eigenvalue weighted by Crippen LogP contribution is 2.33. The van der Waals surface area contributed by atoms with Gasteiger partial charge < -0.3 is 9.64 Å². The summed E-state index contributed by atoms with van der Waals surface area (Å²) >= 11 is 0. The van der Waals surface area contributed by atoms with Gasteiger partial charge in [0.15, 0.2) is 0 Å². The number of rotatable bonds is 4. The fraction of sp³-hybridized carbons (Fsp3) is 0.389. The molecule has 2 aromatic rings. The third kappa shape index (κ3) is 3.35. The molecular formula is C18H21N3O4. The van der Waals surface area contributed by atoms with Gasteiger partial charge in [0.1, 0.15) is 12.3 Å². The van der Waals surface area contributed by atoms with E-state index < -0.39 is 5.69 Å². The molecule has 132 valence electrons. The lowest BCUT2D eigenvalue weighted by Gasteiger charge is -2.25. The Bertz CT molecular complexity index is 900. The maximum Gasteiger partial charge on any atom is 0.331 e. The zero-order chi connectivity index (χ0) is 18.0. The van der Waals surface area contributed by atoms with E-state index in [0.717, 1.165) is 28.7 Å². The number of nitrogens with zero attached hydrogens (tertiary/aromatic N) is 3. The van der Waals surface area contributed by atoms with Crippen LogP contribution in [-0.4, -0.2) is 33.6 Å². The lowest BCUT2D eigenvalue weighted by atomic mass is 10.0. The zero-order valence-electron chi connectivity index (χ0n) is 14.3. The normalized spacial score (nSPS) is 16.9. The molecule has 7 heteroatoms. The summed E-state index contributed by atoms with van der Waals surface area (Å²) in [7, 11) is 3.02. The van der Waals surface area contributed by atoms with Crippen LogP contribution < -0.4 is 16.0 Å². The fourth-order valence-electron chi connectivity index (χ4n) is 3.23. The summed E-state index contributed by atoms with van der Waals surface area (Å²) in [4.78, 5) is 38.1. The number of aromatic nitrogens is 2. The van der Waals surface area contributed by atoms with E-state index in [0.29, 0.717) is 6.54 Å². The van der Waals surface area contributed by atoms with Crippen molar-refractivity contribution in [3.63, 3.8) is 0 Å². The first-order valence-electron chi connectivity index (χ1n) is 8.21. The second kappa shape index (κ2) is 6.96. The van der Waals surface area contributed by atoms with Crippen LogP contribution in [0.3, 0.4) is 0 Å². The number of likely N-dealkylation sites (tertiary alicyclic amines) is 1.